The molecule has 0 saturated heterocycles. The van der Waals surface area contributed by atoms with E-state index in [0.29, 0.717) is 0 Å². The summed E-state index contributed by atoms with van der Waals surface area (Å²) >= 11 is 0. The molecule has 11 aromatic rings. The van der Waals surface area contributed by atoms with Crippen molar-refractivity contribution >= 4 is 66.0 Å². The average molecular weight is 761 g/mol. The molecule has 0 heteroatoms. The van der Waals surface area contributed by atoms with Gasteiger partial charge in [-0.2, -0.15) is 0 Å². The van der Waals surface area contributed by atoms with Crippen LogP contribution in [0.15, 0.2) is 206 Å². The summed E-state index contributed by atoms with van der Waals surface area (Å²) in [7, 11) is 0. The first kappa shape index (κ1) is 34.5. The van der Waals surface area contributed by atoms with Crippen LogP contribution in [0.4, 0.5) is 0 Å². The van der Waals surface area contributed by atoms with E-state index in [4.69, 9.17) is 0 Å². The van der Waals surface area contributed by atoms with Crippen molar-refractivity contribution in [1.82, 2.24) is 0 Å². The van der Waals surface area contributed by atoms with Crippen molar-refractivity contribution < 1.29 is 0 Å². The first-order chi connectivity index (χ1) is 29.7. The molecule has 12 rings (SSSR count). The number of fused-ring (bicyclic) bond motifs is 6. The first-order valence-electron chi connectivity index (χ1n) is 21.1. The van der Waals surface area contributed by atoms with Gasteiger partial charge in [0.05, 0.1) is 0 Å². The van der Waals surface area contributed by atoms with Gasteiger partial charge < -0.3 is 0 Å². The maximum absolute atomic E-state index is 2.43. The Labute approximate surface area is 349 Å². The lowest BCUT2D eigenvalue weighted by Crippen LogP contribution is -2.26. The third-order valence-corrected chi connectivity index (χ3v) is 12.8. The fourth-order valence-corrected chi connectivity index (χ4v) is 9.91. The molecule has 0 saturated carbocycles. The van der Waals surface area contributed by atoms with Crippen molar-refractivity contribution in [2.75, 3.05) is 0 Å². The van der Waals surface area contributed by atoms with E-state index in [-0.39, 0.29) is 0 Å². The van der Waals surface area contributed by atoms with Gasteiger partial charge in [0.15, 0.2) is 0 Å². The zero-order valence-corrected chi connectivity index (χ0v) is 33.2. The summed E-state index contributed by atoms with van der Waals surface area (Å²) in [4.78, 5) is 0. The fraction of sp³-hybridized carbons (Fsp3) is 0.0333. The molecule has 0 aliphatic heterocycles. The standard InChI is InChI=1S/C60H40/c1-4-14-44-35-48(30-25-39(44)11-1)52-20-10-21-53-51(19-9-22-54(52)53)43-28-23-42(24-29-43)47-33-34-57-58(38-47)60(50-32-27-41-13-3-6-16-46(41)37-50)56-18-8-7-17-55(56)59(57)49-31-26-40-12-2-5-15-45(40)36-49/h2-3,5-38H,1,4H2. The molecule has 0 nitrogen and oxygen atoms in total. The summed E-state index contributed by atoms with van der Waals surface area (Å²) in [6.45, 7) is 0. The van der Waals surface area contributed by atoms with Gasteiger partial charge in [-0.15, -0.1) is 0 Å². The van der Waals surface area contributed by atoms with Gasteiger partial charge in [0.2, 0.25) is 0 Å². The molecule has 0 amide bonds. The van der Waals surface area contributed by atoms with E-state index in [1.165, 1.54) is 120 Å². The quantitative estimate of drug-likeness (QED) is 0.153. The fourth-order valence-electron chi connectivity index (χ4n) is 9.91. The molecule has 60 heavy (non-hydrogen) atoms. The van der Waals surface area contributed by atoms with Crippen LogP contribution in [0.3, 0.4) is 0 Å². The minimum absolute atomic E-state index is 1.11. The van der Waals surface area contributed by atoms with Crippen molar-refractivity contribution in [3.63, 3.8) is 0 Å². The summed E-state index contributed by atoms with van der Waals surface area (Å²) in [5.41, 5.74) is 12.4. The van der Waals surface area contributed by atoms with Crippen LogP contribution in [0, 0.1) is 0 Å². The Bertz CT molecular complexity index is 3640. The maximum Gasteiger partial charge on any atom is -0.00259 e. The van der Waals surface area contributed by atoms with Gasteiger partial charge in [0.25, 0.3) is 0 Å². The largest absolute Gasteiger partial charge is 0.0764 e. The topological polar surface area (TPSA) is 0 Å². The van der Waals surface area contributed by atoms with Gasteiger partial charge >= 0.3 is 0 Å². The van der Waals surface area contributed by atoms with E-state index >= 15 is 0 Å². The SMILES string of the molecule is C1=c2ccc(-c3cccc4c(-c5ccc(-c6ccc7c(-c8ccc9ccccc9c8)c8ccccc8c(-c8ccc9ccccc9c8)c7c6)cc5)cccc34)cc2=CCC1. The van der Waals surface area contributed by atoms with Crippen molar-refractivity contribution in [1.29, 1.82) is 0 Å². The highest BCUT2D eigenvalue weighted by Gasteiger charge is 2.19. The zero-order valence-electron chi connectivity index (χ0n) is 33.2. The van der Waals surface area contributed by atoms with E-state index < -0.39 is 0 Å². The number of benzene rings is 11. The van der Waals surface area contributed by atoms with Crippen LogP contribution in [-0.2, 0) is 0 Å². The predicted octanol–water partition coefficient (Wildman–Crippen LogP) is 15.1. The molecule has 1 aliphatic carbocycles. The van der Waals surface area contributed by atoms with Gasteiger partial charge in [-0.25, -0.2) is 0 Å². The lowest BCUT2D eigenvalue weighted by molar-refractivity contribution is 1.12. The molecule has 0 bridgehead atoms. The second-order valence-corrected chi connectivity index (χ2v) is 16.3. The van der Waals surface area contributed by atoms with Crippen LogP contribution in [0.1, 0.15) is 12.8 Å². The van der Waals surface area contributed by atoms with Crippen LogP contribution in [-0.4, -0.2) is 0 Å². The predicted molar refractivity (Wildman–Crippen MR) is 259 cm³/mol. The molecule has 0 fully saturated rings. The van der Waals surface area contributed by atoms with Crippen molar-refractivity contribution in [2.45, 2.75) is 12.8 Å². The van der Waals surface area contributed by atoms with Gasteiger partial charge in [-0.05, 0) is 157 Å². The number of rotatable bonds is 5. The summed E-state index contributed by atoms with van der Waals surface area (Å²) in [6, 6.07) is 76.9. The van der Waals surface area contributed by atoms with Crippen LogP contribution in [0.25, 0.3) is 122 Å². The van der Waals surface area contributed by atoms with E-state index in [1.807, 2.05) is 0 Å². The lowest BCUT2D eigenvalue weighted by atomic mass is 9.84. The molecule has 280 valence electrons. The molecule has 0 unspecified atom stereocenters. The monoisotopic (exact) mass is 760 g/mol. The smallest absolute Gasteiger partial charge is 0.00259 e. The van der Waals surface area contributed by atoms with Gasteiger partial charge in [0, 0.05) is 0 Å². The van der Waals surface area contributed by atoms with Crippen LogP contribution in [0.2, 0.25) is 0 Å². The minimum atomic E-state index is 1.11. The Hall–Kier alpha value is -7.54. The number of hydrogen-bond acceptors (Lipinski definition) is 0. The Morgan fingerprint density at radius 3 is 1.35 bits per heavy atom. The Morgan fingerprint density at radius 1 is 0.233 bits per heavy atom. The molecular formula is C60H40. The maximum atomic E-state index is 2.43. The van der Waals surface area contributed by atoms with Crippen LogP contribution >= 0.6 is 0 Å². The molecule has 11 aromatic carbocycles. The molecule has 0 N–H and O–H groups in total. The van der Waals surface area contributed by atoms with Crippen molar-refractivity contribution in [3.05, 3.63) is 217 Å². The van der Waals surface area contributed by atoms with Crippen molar-refractivity contribution in [2.24, 2.45) is 0 Å². The van der Waals surface area contributed by atoms with Crippen LogP contribution < -0.4 is 10.4 Å². The summed E-state index contributed by atoms with van der Waals surface area (Å²) in [6.07, 6.45) is 6.97. The summed E-state index contributed by atoms with van der Waals surface area (Å²) < 4.78 is 0. The van der Waals surface area contributed by atoms with E-state index in [2.05, 4.69) is 218 Å². The molecular weight excluding hydrogens is 721 g/mol. The molecule has 0 heterocycles. The lowest BCUT2D eigenvalue weighted by Gasteiger charge is -2.19. The number of hydrogen-bond donors (Lipinski definition) is 0. The highest BCUT2D eigenvalue weighted by atomic mass is 14.2. The minimum Gasteiger partial charge on any atom is -0.0764 e. The average Bonchev–Trinajstić information content (AvgIpc) is 3.32. The molecule has 0 aromatic heterocycles. The van der Waals surface area contributed by atoms with Gasteiger partial charge in [-0.1, -0.05) is 194 Å². The van der Waals surface area contributed by atoms with Gasteiger partial charge in [-0.3, -0.25) is 0 Å². The highest BCUT2D eigenvalue weighted by molar-refractivity contribution is 6.22. The first-order valence-corrected chi connectivity index (χ1v) is 21.1. The second-order valence-electron chi connectivity index (χ2n) is 16.3. The summed E-state index contributed by atoms with van der Waals surface area (Å²) in [5.74, 6) is 0. The highest BCUT2D eigenvalue weighted by Crippen LogP contribution is 2.46. The molecule has 1 aliphatic rings. The normalized spacial score (nSPS) is 12.5. The van der Waals surface area contributed by atoms with E-state index in [1.54, 1.807) is 0 Å². The second kappa shape index (κ2) is 14.1. The third-order valence-electron chi connectivity index (χ3n) is 12.8. The van der Waals surface area contributed by atoms with E-state index in [9.17, 15) is 0 Å². The Morgan fingerprint density at radius 2 is 0.700 bits per heavy atom. The molecule has 0 atom stereocenters. The summed E-state index contributed by atoms with van der Waals surface area (Å²) in [5, 5.41) is 15.3. The molecule has 0 spiro atoms. The molecule has 0 radical (unpaired) electrons. The Balaban J connectivity index is 1.02. The van der Waals surface area contributed by atoms with Crippen LogP contribution in [0.5, 0.6) is 0 Å². The zero-order chi connectivity index (χ0) is 39.6. The van der Waals surface area contributed by atoms with E-state index in [0.717, 1.165) is 12.8 Å². The van der Waals surface area contributed by atoms with Gasteiger partial charge in [0.1, 0.15) is 0 Å². The Kier molecular flexibility index (Phi) is 8.10. The third kappa shape index (κ3) is 5.75. The van der Waals surface area contributed by atoms with Crippen molar-refractivity contribution in [3.8, 4) is 55.6 Å².